The number of benzene rings is 1. The van der Waals surface area contributed by atoms with E-state index >= 15 is 0 Å². The molecule has 3 aromatic rings. The van der Waals surface area contributed by atoms with Gasteiger partial charge < -0.3 is 24.8 Å². The predicted octanol–water partition coefficient (Wildman–Crippen LogP) is 0.739. The number of methoxy groups -OCH3 is 1. The van der Waals surface area contributed by atoms with Crippen LogP contribution >= 0.6 is 11.8 Å². The van der Waals surface area contributed by atoms with E-state index in [1.165, 1.54) is 24.4 Å². The molecule has 3 heterocycles. The fraction of sp³-hybridized carbons (Fsp3) is 0.389. The molecule has 0 spiro atoms. The molecule has 0 aliphatic carbocycles. The van der Waals surface area contributed by atoms with Gasteiger partial charge in [-0.3, -0.25) is 4.57 Å². The van der Waals surface area contributed by atoms with Crippen molar-refractivity contribution in [2.75, 3.05) is 13.7 Å². The lowest BCUT2D eigenvalue weighted by atomic mass is 10.1. The second-order valence-electron chi connectivity index (χ2n) is 6.37. The molecule has 4 rings (SSSR count). The molecule has 9 nitrogen and oxygen atoms in total. The Balaban J connectivity index is 1.56. The van der Waals surface area contributed by atoms with Crippen LogP contribution in [0.15, 0.2) is 41.9 Å². The van der Waals surface area contributed by atoms with Gasteiger partial charge in [0.25, 0.3) is 0 Å². The molecule has 3 N–H and O–H groups in total. The first-order valence-corrected chi connectivity index (χ1v) is 9.66. The van der Waals surface area contributed by atoms with Gasteiger partial charge in [0, 0.05) is 5.75 Å². The summed E-state index contributed by atoms with van der Waals surface area (Å²) in [6.07, 6.45) is -1.19. The molecule has 1 aliphatic rings. The molecule has 0 unspecified atom stereocenters. The van der Waals surface area contributed by atoms with Crippen molar-refractivity contribution < 1.29 is 24.8 Å². The number of aromatic nitrogens is 4. The van der Waals surface area contributed by atoms with Crippen molar-refractivity contribution in [2.24, 2.45) is 0 Å². The molecule has 1 fully saturated rings. The summed E-state index contributed by atoms with van der Waals surface area (Å²) in [5.41, 5.74) is 2.18. The fourth-order valence-corrected chi connectivity index (χ4v) is 4.00. The Morgan fingerprint density at radius 2 is 1.93 bits per heavy atom. The van der Waals surface area contributed by atoms with Crippen LogP contribution < -0.4 is 4.74 Å². The number of thioether (sulfide) groups is 1. The Hall–Kier alpha value is -2.24. The monoisotopic (exact) mass is 404 g/mol. The average Bonchev–Trinajstić information content (AvgIpc) is 3.28. The van der Waals surface area contributed by atoms with Gasteiger partial charge in [0.1, 0.15) is 40.9 Å². The number of hydrogen-bond donors (Lipinski definition) is 3. The van der Waals surface area contributed by atoms with Crippen LogP contribution in [-0.2, 0) is 10.5 Å². The van der Waals surface area contributed by atoms with Crippen molar-refractivity contribution in [3.8, 4) is 5.75 Å². The highest BCUT2D eigenvalue weighted by atomic mass is 32.2. The number of aliphatic hydroxyl groups is 3. The summed E-state index contributed by atoms with van der Waals surface area (Å²) in [4.78, 5) is 13.0. The summed E-state index contributed by atoms with van der Waals surface area (Å²) in [7, 11) is 1.63. The van der Waals surface area contributed by atoms with Gasteiger partial charge in [-0.25, -0.2) is 15.0 Å². The molecule has 0 amide bonds. The second kappa shape index (κ2) is 8.02. The number of imidazole rings is 1. The Labute approximate surface area is 165 Å². The normalized spacial score (nSPS) is 24.7. The molecule has 1 saturated heterocycles. The standard InChI is InChI=1S/C18H20N4O5S/c1-26-11-4-2-10(3-5-11)7-28-17-13-16(19-8-20-17)22(9-21-13)18-15(25)14(24)12(6-23)27-18/h2-5,8-9,12,14-15,18,23-25H,6-7H2,1H3/t12-,14-,15-,18-/m1/s1. The van der Waals surface area contributed by atoms with E-state index in [1.807, 2.05) is 24.3 Å². The number of hydrogen-bond acceptors (Lipinski definition) is 9. The van der Waals surface area contributed by atoms with Gasteiger partial charge in [-0.15, -0.1) is 0 Å². The summed E-state index contributed by atoms with van der Waals surface area (Å²) >= 11 is 1.52. The molecule has 1 aliphatic heterocycles. The van der Waals surface area contributed by atoms with Crippen LogP contribution in [0.2, 0.25) is 0 Å². The molecule has 1 aromatic carbocycles. The molecule has 0 radical (unpaired) electrons. The van der Waals surface area contributed by atoms with Crippen molar-refractivity contribution in [1.29, 1.82) is 0 Å². The third kappa shape index (κ3) is 3.45. The zero-order valence-electron chi connectivity index (χ0n) is 15.0. The maximum absolute atomic E-state index is 10.3. The van der Waals surface area contributed by atoms with E-state index in [0.717, 1.165) is 11.3 Å². The molecular weight excluding hydrogens is 384 g/mol. The second-order valence-corrected chi connectivity index (χ2v) is 7.33. The molecular formula is C18H20N4O5S. The van der Waals surface area contributed by atoms with Crippen LogP contribution in [0.4, 0.5) is 0 Å². The van der Waals surface area contributed by atoms with Crippen LogP contribution in [0.5, 0.6) is 5.75 Å². The highest BCUT2D eigenvalue weighted by Gasteiger charge is 2.44. The quantitative estimate of drug-likeness (QED) is 0.403. The first-order chi connectivity index (χ1) is 13.6. The maximum atomic E-state index is 10.3. The zero-order valence-corrected chi connectivity index (χ0v) is 15.9. The van der Waals surface area contributed by atoms with Crippen molar-refractivity contribution in [3.05, 3.63) is 42.5 Å². The molecule has 0 saturated carbocycles. The van der Waals surface area contributed by atoms with Crippen LogP contribution in [-0.4, -0.2) is 66.9 Å². The predicted molar refractivity (Wildman–Crippen MR) is 101 cm³/mol. The fourth-order valence-electron chi connectivity index (χ4n) is 3.11. The summed E-state index contributed by atoms with van der Waals surface area (Å²) in [5.74, 6) is 1.49. The van der Waals surface area contributed by atoms with E-state index in [4.69, 9.17) is 9.47 Å². The SMILES string of the molecule is COc1ccc(CSc2ncnc3c2ncn3[C@@H]2O[C@H](CO)[C@@H](O)[C@H]2O)cc1. The molecule has 0 bridgehead atoms. The topological polar surface area (TPSA) is 123 Å². The van der Waals surface area contributed by atoms with Gasteiger partial charge in [0.15, 0.2) is 11.9 Å². The summed E-state index contributed by atoms with van der Waals surface area (Å²) < 4.78 is 12.3. The molecule has 2 aromatic heterocycles. The minimum Gasteiger partial charge on any atom is -0.497 e. The summed E-state index contributed by atoms with van der Waals surface area (Å²) in [5, 5.41) is 30.2. The number of fused-ring (bicyclic) bond motifs is 1. The van der Waals surface area contributed by atoms with Crippen LogP contribution in [0.1, 0.15) is 11.8 Å². The van der Waals surface area contributed by atoms with Gasteiger partial charge in [0.2, 0.25) is 0 Å². The first kappa shape index (κ1) is 19.1. The van der Waals surface area contributed by atoms with Crippen molar-refractivity contribution in [3.63, 3.8) is 0 Å². The van der Waals surface area contributed by atoms with Crippen LogP contribution in [0.25, 0.3) is 11.2 Å². The maximum Gasteiger partial charge on any atom is 0.166 e. The van der Waals surface area contributed by atoms with Gasteiger partial charge in [0.05, 0.1) is 20.0 Å². The highest BCUT2D eigenvalue weighted by Crippen LogP contribution is 2.33. The lowest BCUT2D eigenvalue weighted by Gasteiger charge is -2.16. The molecule has 28 heavy (non-hydrogen) atoms. The van der Waals surface area contributed by atoms with E-state index < -0.39 is 24.5 Å². The zero-order chi connectivity index (χ0) is 19.7. The van der Waals surface area contributed by atoms with Gasteiger partial charge in [-0.05, 0) is 17.7 Å². The third-order valence-electron chi connectivity index (χ3n) is 4.65. The van der Waals surface area contributed by atoms with Gasteiger partial charge >= 0.3 is 0 Å². The number of aliphatic hydroxyl groups excluding tert-OH is 3. The van der Waals surface area contributed by atoms with Crippen LogP contribution in [0, 0.1) is 0 Å². The third-order valence-corrected chi connectivity index (χ3v) is 5.70. The van der Waals surface area contributed by atoms with E-state index in [9.17, 15) is 15.3 Å². The molecule has 148 valence electrons. The van der Waals surface area contributed by atoms with E-state index in [0.29, 0.717) is 21.9 Å². The first-order valence-electron chi connectivity index (χ1n) is 8.68. The number of ether oxygens (including phenoxy) is 2. The average molecular weight is 404 g/mol. The Kier molecular flexibility index (Phi) is 5.47. The van der Waals surface area contributed by atoms with E-state index in [1.54, 1.807) is 11.7 Å². The number of rotatable bonds is 6. The lowest BCUT2D eigenvalue weighted by molar-refractivity contribution is -0.0511. The van der Waals surface area contributed by atoms with E-state index in [2.05, 4.69) is 15.0 Å². The van der Waals surface area contributed by atoms with Crippen molar-refractivity contribution >= 4 is 22.9 Å². The number of nitrogens with zero attached hydrogens (tertiary/aromatic N) is 4. The smallest absolute Gasteiger partial charge is 0.166 e. The minimum atomic E-state index is -1.19. The van der Waals surface area contributed by atoms with Crippen molar-refractivity contribution in [1.82, 2.24) is 19.5 Å². The molecule has 10 heteroatoms. The lowest BCUT2D eigenvalue weighted by Crippen LogP contribution is -2.33. The van der Waals surface area contributed by atoms with Gasteiger partial charge in [-0.1, -0.05) is 23.9 Å². The molecule has 4 atom stereocenters. The minimum absolute atomic E-state index is 0.390. The van der Waals surface area contributed by atoms with Crippen LogP contribution in [0.3, 0.4) is 0 Å². The largest absolute Gasteiger partial charge is 0.497 e. The highest BCUT2D eigenvalue weighted by molar-refractivity contribution is 7.98. The Morgan fingerprint density at radius 3 is 2.61 bits per heavy atom. The summed E-state index contributed by atoms with van der Waals surface area (Å²) in [6.45, 7) is -0.390. The van der Waals surface area contributed by atoms with E-state index in [-0.39, 0.29) is 6.61 Å². The van der Waals surface area contributed by atoms with Crippen molar-refractivity contribution in [2.45, 2.75) is 35.3 Å². The van der Waals surface area contributed by atoms with Gasteiger partial charge in [-0.2, -0.15) is 0 Å². The Morgan fingerprint density at radius 1 is 1.14 bits per heavy atom. The Bertz CT molecular complexity index is 951. The summed E-state index contributed by atoms with van der Waals surface area (Å²) in [6, 6.07) is 7.79.